The Morgan fingerprint density at radius 1 is 1.31 bits per heavy atom. The van der Waals surface area contributed by atoms with Crippen LogP contribution in [0.3, 0.4) is 0 Å². The monoisotopic (exact) mass is 408 g/mol. The second kappa shape index (κ2) is 7.37. The molecule has 0 bridgehead atoms. The summed E-state index contributed by atoms with van der Waals surface area (Å²) in [6, 6.07) is 8.35. The number of esters is 1. The number of carbonyl (C=O) groups is 1. The minimum absolute atomic E-state index is 0.0153. The van der Waals surface area contributed by atoms with Gasteiger partial charge in [-0.2, -0.15) is 0 Å². The molecule has 0 saturated carbocycles. The van der Waals surface area contributed by atoms with Crippen LogP contribution in [0.4, 0.5) is 8.78 Å². The zero-order chi connectivity index (χ0) is 21.4. The number of ether oxygens (including phenoxy) is 2. The van der Waals surface area contributed by atoms with Crippen LogP contribution in [0, 0.1) is 0 Å². The Morgan fingerprint density at radius 3 is 2.52 bits per heavy atom. The van der Waals surface area contributed by atoms with Crippen LogP contribution in [-0.2, 0) is 9.47 Å². The molecule has 2 N–H and O–H groups in total. The van der Waals surface area contributed by atoms with Crippen LogP contribution in [0.15, 0.2) is 64.3 Å². The molecular formula is C19H18F2N2O6. The van der Waals surface area contributed by atoms with Crippen LogP contribution in [0.5, 0.6) is 0 Å². The lowest BCUT2D eigenvalue weighted by atomic mass is 9.88. The fraction of sp³-hybridized carbons (Fsp3) is 0.316. The van der Waals surface area contributed by atoms with Crippen LogP contribution < -0.4 is 11.2 Å². The molecule has 2 aromatic rings. The summed E-state index contributed by atoms with van der Waals surface area (Å²) in [5.74, 6) is -4.24. The number of benzene rings is 1. The van der Waals surface area contributed by atoms with Gasteiger partial charge in [-0.3, -0.25) is 14.3 Å². The highest BCUT2D eigenvalue weighted by atomic mass is 19.2. The highest BCUT2D eigenvalue weighted by Crippen LogP contribution is 2.52. The van der Waals surface area contributed by atoms with Gasteiger partial charge in [0.05, 0.1) is 5.56 Å². The number of aromatic amines is 1. The number of halogens is 2. The topological polar surface area (TPSA) is 111 Å². The first-order valence-electron chi connectivity index (χ1n) is 8.53. The van der Waals surface area contributed by atoms with Crippen LogP contribution in [0.25, 0.3) is 0 Å². The van der Waals surface area contributed by atoms with E-state index in [0.717, 1.165) is 12.3 Å². The second-order valence-electron chi connectivity index (χ2n) is 6.63. The van der Waals surface area contributed by atoms with Crippen molar-refractivity contribution in [3.63, 3.8) is 0 Å². The van der Waals surface area contributed by atoms with Gasteiger partial charge in [-0.25, -0.2) is 18.4 Å². The van der Waals surface area contributed by atoms with Crippen molar-refractivity contribution in [1.82, 2.24) is 9.55 Å². The smallest absolute Gasteiger partial charge is 0.338 e. The number of aliphatic hydroxyl groups excluding tert-OH is 1. The van der Waals surface area contributed by atoms with E-state index in [4.69, 9.17) is 9.47 Å². The number of aliphatic hydroxyl groups is 1. The van der Waals surface area contributed by atoms with E-state index < -0.39 is 47.7 Å². The second-order valence-corrected chi connectivity index (χ2v) is 6.63. The van der Waals surface area contributed by atoms with Crippen molar-refractivity contribution in [2.45, 2.75) is 30.8 Å². The number of hydrogen-bond acceptors (Lipinski definition) is 6. The van der Waals surface area contributed by atoms with Crippen LogP contribution in [0.2, 0.25) is 0 Å². The summed E-state index contributed by atoms with van der Waals surface area (Å²) in [5.41, 5.74) is -5.09. The Kier molecular flexibility index (Phi) is 5.24. The molecule has 4 atom stereocenters. The number of aromatic nitrogens is 2. The third kappa shape index (κ3) is 3.40. The lowest BCUT2D eigenvalue weighted by Gasteiger charge is -2.32. The van der Waals surface area contributed by atoms with Gasteiger partial charge in [0.25, 0.3) is 11.4 Å². The first-order valence-corrected chi connectivity index (χ1v) is 8.53. The molecule has 1 saturated heterocycles. The Labute approximate surface area is 163 Å². The summed E-state index contributed by atoms with van der Waals surface area (Å²) in [6.45, 7) is 3.31. The molecule has 0 amide bonds. The Morgan fingerprint density at radius 2 is 1.97 bits per heavy atom. The van der Waals surface area contributed by atoms with E-state index in [1.807, 2.05) is 4.98 Å². The lowest BCUT2D eigenvalue weighted by molar-refractivity contribution is -0.207. The Bertz CT molecular complexity index is 1050. The quantitative estimate of drug-likeness (QED) is 0.569. The average Bonchev–Trinajstić information content (AvgIpc) is 2.92. The van der Waals surface area contributed by atoms with E-state index in [1.165, 1.54) is 31.2 Å². The van der Waals surface area contributed by atoms with E-state index in [1.54, 1.807) is 6.07 Å². The molecule has 1 aliphatic heterocycles. The van der Waals surface area contributed by atoms with E-state index in [-0.39, 0.29) is 11.1 Å². The summed E-state index contributed by atoms with van der Waals surface area (Å²) in [7, 11) is 0. The van der Waals surface area contributed by atoms with Crippen molar-refractivity contribution in [3.8, 4) is 0 Å². The van der Waals surface area contributed by atoms with E-state index in [9.17, 15) is 19.5 Å². The summed E-state index contributed by atoms with van der Waals surface area (Å²) in [6.07, 6.45) is -3.38. The van der Waals surface area contributed by atoms with Gasteiger partial charge in [0.1, 0.15) is 6.61 Å². The van der Waals surface area contributed by atoms with Crippen LogP contribution in [0.1, 0.15) is 23.5 Å². The average molecular weight is 408 g/mol. The predicted octanol–water partition coefficient (Wildman–Crippen LogP) is 1.23. The molecule has 0 spiro atoms. The van der Waals surface area contributed by atoms with Crippen molar-refractivity contribution in [2.24, 2.45) is 0 Å². The first kappa shape index (κ1) is 20.6. The zero-order valence-corrected chi connectivity index (χ0v) is 15.3. The maximum absolute atomic E-state index is 16.2. The highest BCUT2D eigenvalue weighted by molar-refractivity contribution is 5.89. The number of alkyl halides is 2. The molecule has 2 heterocycles. The third-order valence-corrected chi connectivity index (χ3v) is 4.65. The molecule has 0 aliphatic carbocycles. The van der Waals surface area contributed by atoms with Gasteiger partial charge in [-0.15, -0.1) is 0 Å². The van der Waals surface area contributed by atoms with Gasteiger partial charge in [0.15, 0.2) is 6.23 Å². The van der Waals surface area contributed by atoms with Crippen molar-refractivity contribution in [2.75, 3.05) is 6.61 Å². The van der Waals surface area contributed by atoms with E-state index in [0.29, 0.717) is 4.57 Å². The maximum Gasteiger partial charge on any atom is 0.338 e. The molecule has 1 aromatic heterocycles. The van der Waals surface area contributed by atoms with Crippen LogP contribution in [-0.4, -0.2) is 44.9 Å². The zero-order valence-electron chi connectivity index (χ0n) is 15.3. The van der Waals surface area contributed by atoms with Gasteiger partial charge in [-0.1, -0.05) is 24.8 Å². The molecule has 8 nitrogen and oxygen atoms in total. The predicted molar refractivity (Wildman–Crippen MR) is 96.7 cm³/mol. The molecule has 0 radical (unpaired) electrons. The molecule has 1 fully saturated rings. The number of nitrogens with zero attached hydrogens (tertiary/aromatic N) is 1. The third-order valence-electron chi connectivity index (χ3n) is 4.65. The largest absolute Gasteiger partial charge is 0.449 e. The summed E-state index contributed by atoms with van der Waals surface area (Å²) in [4.78, 5) is 37.8. The first-order chi connectivity index (χ1) is 13.6. The number of rotatable bonds is 5. The fourth-order valence-electron chi connectivity index (χ4n) is 3.13. The van der Waals surface area contributed by atoms with E-state index >= 15 is 8.78 Å². The Hall–Kier alpha value is -3.11. The molecular weight excluding hydrogens is 390 g/mol. The molecule has 29 heavy (non-hydrogen) atoms. The van der Waals surface area contributed by atoms with Gasteiger partial charge in [-0.05, 0) is 24.6 Å². The summed E-state index contributed by atoms with van der Waals surface area (Å²) < 4.78 is 42.3. The van der Waals surface area contributed by atoms with Gasteiger partial charge in [0.2, 0.25) is 11.8 Å². The van der Waals surface area contributed by atoms with Gasteiger partial charge < -0.3 is 14.6 Å². The maximum atomic E-state index is 16.2. The minimum Gasteiger partial charge on any atom is -0.449 e. The molecule has 0 unspecified atom stereocenters. The molecule has 154 valence electrons. The van der Waals surface area contributed by atoms with Crippen molar-refractivity contribution in [1.29, 1.82) is 0 Å². The standard InChI is InChI=1S/C19H18F2N2O6/c1-11(2)19(21)15(28-14(26)12-6-4-3-5-7-12)18(20,10-24)29-16(19)23-9-8-13(25)22-17(23)27/h3-9,15-16,24H,1,10H2,2H3,(H,22,25,27)/t15-,16-,18-,19-/m1/s1. The van der Waals surface area contributed by atoms with Crippen LogP contribution >= 0.6 is 0 Å². The highest BCUT2D eigenvalue weighted by Gasteiger charge is 2.69. The summed E-state index contributed by atoms with van der Waals surface area (Å²) >= 11 is 0. The van der Waals surface area contributed by atoms with Crippen molar-refractivity contribution < 1.29 is 28.2 Å². The molecule has 10 heteroatoms. The number of hydrogen-bond donors (Lipinski definition) is 2. The molecule has 1 aliphatic rings. The normalized spacial score (nSPS) is 28.8. The fourth-order valence-corrected chi connectivity index (χ4v) is 3.13. The minimum atomic E-state index is -3.18. The SMILES string of the molecule is C=C(C)[C@]1(F)[C@H](n2ccc(=O)[nH]c2=O)O[C@](F)(CO)[C@H]1OC(=O)c1ccccc1. The molecule has 3 rings (SSSR count). The van der Waals surface area contributed by atoms with E-state index in [2.05, 4.69) is 6.58 Å². The number of nitrogens with one attached hydrogen (secondary N) is 1. The summed E-state index contributed by atoms with van der Waals surface area (Å²) in [5, 5.41) is 9.54. The Balaban J connectivity index is 2.10. The van der Waals surface area contributed by atoms with Crippen molar-refractivity contribution >= 4 is 5.97 Å². The lowest BCUT2D eigenvalue weighted by Crippen LogP contribution is -2.52. The number of H-pyrrole nitrogens is 1. The van der Waals surface area contributed by atoms with Gasteiger partial charge >= 0.3 is 11.7 Å². The van der Waals surface area contributed by atoms with Gasteiger partial charge in [0, 0.05) is 12.3 Å². The molecule has 1 aromatic carbocycles. The van der Waals surface area contributed by atoms with Crippen molar-refractivity contribution in [3.05, 3.63) is 81.1 Å². The number of carbonyl (C=O) groups excluding carboxylic acids is 1.